The van der Waals surface area contributed by atoms with Crippen LogP contribution in [0.1, 0.15) is 76.1 Å². The van der Waals surface area contributed by atoms with Gasteiger partial charge in [0.05, 0.1) is 23.0 Å². The molecule has 2 aliphatic heterocycles. The molecule has 47 heavy (non-hydrogen) atoms. The van der Waals surface area contributed by atoms with E-state index < -0.39 is 17.9 Å². The largest absolute Gasteiger partial charge is 0.508 e. The summed E-state index contributed by atoms with van der Waals surface area (Å²) in [5.74, 6) is 0.249. The summed E-state index contributed by atoms with van der Waals surface area (Å²) in [6.07, 6.45) is 0. The first-order valence-corrected chi connectivity index (χ1v) is 14.5. The molecule has 0 aliphatic carbocycles. The minimum absolute atomic E-state index is 0. The fourth-order valence-electron chi connectivity index (χ4n) is 5.38. The van der Waals surface area contributed by atoms with Gasteiger partial charge < -0.3 is 29.2 Å². The highest BCUT2D eigenvalue weighted by Crippen LogP contribution is 2.40. The Morgan fingerprint density at radius 2 is 1.13 bits per heavy atom. The molecule has 2 unspecified atom stereocenters. The van der Waals surface area contributed by atoms with E-state index in [2.05, 4.69) is 0 Å². The number of ether oxygens (including phenoxy) is 4. The van der Waals surface area contributed by atoms with Crippen molar-refractivity contribution in [1.82, 2.24) is 0 Å². The lowest BCUT2D eigenvalue weighted by atomic mass is 9.88. The van der Waals surface area contributed by atoms with Crippen LogP contribution in [-0.2, 0) is 9.59 Å². The summed E-state index contributed by atoms with van der Waals surface area (Å²) in [5.41, 5.74) is 3.74. The molecule has 10 heteroatoms. The normalized spacial score (nSPS) is 16.1. The van der Waals surface area contributed by atoms with Crippen LogP contribution in [0.5, 0.6) is 34.5 Å². The Balaban J connectivity index is 0.000000215. The molecule has 2 heterocycles. The lowest BCUT2D eigenvalue weighted by Crippen LogP contribution is -2.26. The van der Waals surface area contributed by atoms with E-state index in [1.54, 1.807) is 80.6 Å². The lowest BCUT2D eigenvalue weighted by molar-refractivity contribution is -0.132. The van der Waals surface area contributed by atoms with Crippen molar-refractivity contribution in [2.45, 2.75) is 47.0 Å². The highest BCUT2D eigenvalue weighted by atomic mass is 16.5. The van der Waals surface area contributed by atoms with E-state index in [1.165, 1.54) is 19.9 Å². The Kier molecular flexibility index (Phi) is 10.3. The van der Waals surface area contributed by atoms with Gasteiger partial charge in [0, 0.05) is 25.0 Å². The van der Waals surface area contributed by atoms with Crippen LogP contribution in [0.3, 0.4) is 0 Å². The van der Waals surface area contributed by atoms with Gasteiger partial charge in [0.2, 0.25) is 0 Å². The summed E-state index contributed by atoms with van der Waals surface area (Å²) < 4.78 is 21.6. The lowest BCUT2D eigenvalue weighted by Gasteiger charge is -2.26. The zero-order valence-electron chi connectivity index (χ0n) is 25.7. The van der Waals surface area contributed by atoms with Gasteiger partial charge in [0.25, 0.3) is 0 Å². The van der Waals surface area contributed by atoms with Gasteiger partial charge >= 0.3 is 11.9 Å². The average molecular weight is 641 g/mol. The van der Waals surface area contributed by atoms with Crippen molar-refractivity contribution in [2.75, 3.05) is 13.2 Å². The Morgan fingerprint density at radius 3 is 1.64 bits per heavy atom. The first kappa shape index (κ1) is 34.2. The summed E-state index contributed by atoms with van der Waals surface area (Å²) in [5, 5.41) is 19.0. The second-order valence-corrected chi connectivity index (χ2v) is 11.0. The molecule has 0 aromatic heterocycles. The number of fused-ring (bicyclic) bond motifs is 2. The number of phenolic OH excluding ortho intramolecular Hbond substituents is 2. The number of benzene rings is 4. The number of esters is 2. The SMILES string of the molecule is C.CC(=O)Oc1ccc(C2COc3c(ccc(OC(C)=O)c3C)C2=O)cc1.Cc1c(O)ccc2c1OCC(c1ccc(O)cc1)C2=O. The van der Waals surface area contributed by atoms with Crippen LogP contribution in [0, 0.1) is 13.8 Å². The number of hydrogen-bond acceptors (Lipinski definition) is 10. The molecule has 0 fully saturated rings. The van der Waals surface area contributed by atoms with Crippen molar-refractivity contribution in [3.05, 3.63) is 106 Å². The molecule has 0 spiro atoms. The maximum Gasteiger partial charge on any atom is 0.308 e. The molecule has 2 atom stereocenters. The van der Waals surface area contributed by atoms with Gasteiger partial charge in [-0.1, -0.05) is 31.7 Å². The van der Waals surface area contributed by atoms with E-state index in [-0.39, 0.29) is 49.6 Å². The fraction of sp³-hybridized carbons (Fsp3) is 0.243. The van der Waals surface area contributed by atoms with Crippen LogP contribution in [0.4, 0.5) is 0 Å². The van der Waals surface area contributed by atoms with Gasteiger partial charge in [0.1, 0.15) is 47.7 Å². The number of aromatic hydroxyl groups is 2. The van der Waals surface area contributed by atoms with Crippen LogP contribution in [0.15, 0.2) is 72.8 Å². The van der Waals surface area contributed by atoms with Crippen molar-refractivity contribution in [2.24, 2.45) is 0 Å². The van der Waals surface area contributed by atoms with Gasteiger partial charge in [0.15, 0.2) is 11.6 Å². The summed E-state index contributed by atoms with van der Waals surface area (Å²) in [4.78, 5) is 47.6. The van der Waals surface area contributed by atoms with Crippen molar-refractivity contribution >= 4 is 23.5 Å². The molecular formula is C37H36O10. The molecule has 2 N–H and O–H groups in total. The number of carbonyl (C=O) groups is 4. The fourth-order valence-corrected chi connectivity index (χ4v) is 5.38. The Bertz CT molecular complexity index is 1820. The van der Waals surface area contributed by atoms with Gasteiger partial charge in [-0.05, 0) is 73.5 Å². The highest BCUT2D eigenvalue weighted by Gasteiger charge is 2.33. The van der Waals surface area contributed by atoms with Crippen LogP contribution in [0.25, 0.3) is 0 Å². The topological polar surface area (TPSA) is 146 Å². The number of hydrogen-bond donors (Lipinski definition) is 2. The smallest absolute Gasteiger partial charge is 0.308 e. The maximum absolute atomic E-state index is 12.9. The molecule has 244 valence electrons. The summed E-state index contributed by atoms with van der Waals surface area (Å²) in [6.45, 7) is 6.54. The Hall–Kier alpha value is -5.64. The van der Waals surface area contributed by atoms with Crippen molar-refractivity contribution < 1.29 is 48.3 Å². The van der Waals surface area contributed by atoms with Crippen LogP contribution in [0.2, 0.25) is 0 Å². The van der Waals surface area contributed by atoms with E-state index >= 15 is 0 Å². The Morgan fingerprint density at radius 1 is 0.660 bits per heavy atom. The predicted octanol–water partition coefficient (Wildman–Crippen LogP) is 6.61. The zero-order valence-corrected chi connectivity index (χ0v) is 25.7. The van der Waals surface area contributed by atoms with Gasteiger partial charge in [-0.15, -0.1) is 0 Å². The van der Waals surface area contributed by atoms with Gasteiger partial charge in [-0.3, -0.25) is 19.2 Å². The van der Waals surface area contributed by atoms with Crippen molar-refractivity contribution in [3.8, 4) is 34.5 Å². The predicted molar refractivity (Wildman–Crippen MR) is 173 cm³/mol. The van der Waals surface area contributed by atoms with E-state index in [4.69, 9.17) is 18.9 Å². The molecule has 6 rings (SSSR count). The standard InChI is InChI=1S/C20H18O6.C16H14O4.CH4/c1-11-18(26-13(3)22)9-8-16-19(23)17(10-24-20(11)16)14-4-6-15(7-5-14)25-12(2)21;1-9-14(18)7-6-12-15(19)13(8-20-16(9)12)10-2-4-11(17)5-3-10;/h4-9,17H,10H2,1-3H3;2-7,13,17-18H,8H2,1H3;1H4. The number of carbonyl (C=O) groups excluding carboxylic acids is 4. The van der Waals surface area contributed by atoms with Gasteiger partial charge in [-0.25, -0.2) is 0 Å². The number of rotatable bonds is 4. The molecule has 0 radical (unpaired) electrons. The minimum Gasteiger partial charge on any atom is -0.508 e. The second-order valence-electron chi connectivity index (χ2n) is 11.0. The Labute approximate surface area is 272 Å². The van der Waals surface area contributed by atoms with E-state index in [0.29, 0.717) is 45.3 Å². The van der Waals surface area contributed by atoms with E-state index in [0.717, 1.165) is 11.1 Å². The molecular weight excluding hydrogens is 604 g/mol. The zero-order chi connectivity index (χ0) is 33.1. The van der Waals surface area contributed by atoms with Crippen molar-refractivity contribution in [1.29, 1.82) is 0 Å². The number of phenols is 2. The average Bonchev–Trinajstić information content (AvgIpc) is 3.02. The minimum atomic E-state index is -0.451. The molecule has 0 amide bonds. The quantitative estimate of drug-likeness (QED) is 0.185. The first-order chi connectivity index (χ1) is 21.9. The molecule has 4 aromatic rings. The third-order valence-corrected chi connectivity index (χ3v) is 7.78. The van der Waals surface area contributed by atoms with E-state index in [1.807, 2.05) is 0 Å². The van der Waals surface area contributed by atoms with Crippen LogP contribution in [-0.4, -0.2) is 46.9 Å². The molecule has 0 saturated heterocycles. The third kappa shape index (κ3) is 7.27. The van der Waals surface area contributed by atoms with Crippen LogP contribution < -0.4 is 18.9 Å². The molecule has 0 bridgehead atoms. The molecule has 4 aromatic carbocycles. The van der Waals surface area contributed by atoms with Crippen molar-refractivity contribution in [3.63, 3.8) is 0 Å². The first-order valence-electron chi connectivity index (χ1n) is 14.5. The second kappa shape index (κ2) is 14.2. The maximum atomic E-state index is 12.9. The highest BCUT2D eigenvalue weighted by molar-refractivity contribution is 6.05. The van der Waals surface area contributed by atoms with Gasteiger partial charge in [-0.2, -0.15) is 0 Å². The summed E-state index contributed by atoms with van der Waals surface area (Å²) in [7, 11) is 0. The number of ketones is 2. The monoisotopic (exact) mass is 640 g/mol. The summed E-state index contributed by atoms with van der Waals surface area (Å²) in [6, 6.07) is 19.7. The molecule has 10 nitrogen and oxygen atoms in total. The molecule has 2 aliphatic rings. The summed E-state index contributed by atoms with van der Waals surface area (Å²) >= 11 is 0. The third-order valence-electron chi connectivity index (χ3n) is 7.78. The molecule has 0 saturated carbocycles. The van der Waals surface area contributed by atoms with E-state index in [9.17, 15) is 29.4 Å². The number of Topliss-reactive ketones (excluding diaryl/α,β-unsaturated/α-hetero) is 2. The van der Waals surface area contributed by atoms with Crippen LogP contribution >= 0.6 is 0 Å².